The van der Waals surface area contributed by atoms with Gasteiger partial charge in [0.2, 0.25) is 6.23 Å². The SMILES string of the molecule is Cc1ccc(Sc2ncnc3c2ccn3[C@@H]2OC(CO)=C(O)C2O)cc1. The van der Waals surface area contributed by atoms with E-state index in [9.17, 15) is 15.3 Å². The van der Waals surface area contributed by atoms with Gasteiger partial charge in [-0.3, -0.25) is 4.57 Å². The first-order valence-corrected chi connectivity index (χ1v) is 8.84. The van der Waals surface area contributed by atoms with Crippen molar-refractivity contribution in [2.24, 2.45) is 0 Å². The van der Waals surface area contributed by atoms with Gasteiger partial charge >= 0.3 is 0 Å². The Hall–Kier alpha value is -2.55. The minimum absolute atomic E-state index is 0.0346. The Labute approximate surface area is 153 Å². The summed E-state index contributed by atoms with van der Waals surface area (Å²) in [6.07, 6.45) is 1.02. The van der Waals surface area contributed by atoms with Gasteiger partial charge in [0.15, 0.2) is 17.6 Å². The summed E-state index contributed by atoms with van der Waals surface area (Å²) in [6, 6.07) is 9.99. The lowest BCUT2D eigenvalue weighted by Gasteiger charge is -2.18. The normalized spacial score (nSPS) is 20.0. The van der Waals surface area contributed by atoms with Crippen LogP contribution in [-0.4, -0.2) is 42.6 Å². The molecule has 3 aromatic rings. The van der Waals surface area contributed by atoms with Crippen LogP contribution in [0.4, 0.5) is 0 Å². The van der Waals surface area contributed by atoms with E-state index < -0.39 is 18.9 Å². The molecule has 0 saturated heterocycles. The number of aliphatic hydroxyl groups is 3. The van der Waals surface area contributed by atoms with Crippen LogP contribution in [0.3, 0.4) is 0 Å². The van der Waals surface area contributed by atoms with E-state index in [1.54, 1.807) is 10.8 Å². The molecule has 0 spiro atoms. The lowest BCUT2D eigenvalue weighted by Crippen LogP contribution is -2.22. The number of hydrogen-bond donors (Lipinski definition) is 3. The van der Waals surface area contributed by atoms with Crippen molar-refractivity contribution < 1.29 is 20.1 Å². The predicted octanol–water partition coefficient (Wildman–Crippen LogP) is 2.54. The van der Waals surface area contributed by atoms with Gasteiger partial charge in [-0.15, -0.1) is 0 Å². The average Bonchev–Trinajstić information content (AvgIpc) is 3.19. The maximum atomic E-state index is 10.2. The number of hydrogen-bond acceptors (Lipinski definition) is 7. The van der Waals surface area contributed by atoms with Gasteiger partial charge in [-0.05, 0) is 25.1 Å². The first-order chi connectivity index (χ1) is 12.6. The zero-order chi connectivity index (χ0) is 18.3. The fraction of sp³-hybridized carbons (Fsp3) is 0.222. The van der Waals surface area contributed by atoms with Gasteiger partial charge in [0.25, 0.3) is 0 Å². The molecule has 3 heterocycles. The van der Waals surface area contributed by atoms with E-state index in [2.05, 4.69) is 9.97 Å². The number of ether oxygens (including phenoxy) is 1. The molecule has 134 valence electrons. The molecule has 0 amide bonds. The van der Waals surface area contributed by atoms with Crippen LogP contribution < -0.4 is 0 Å². The Morgan fingerprint density at radius 1 is 1.19 bits per heavy atom. The van der Waals surface area contributed by atoms with Crippen molar-refractivity contribution in [2.45, 2.75) is 29.2 Å². The molecule has 2 aromatic heterocycles. The molecule has 0 saturated carbocycles. The zero-order valence-corrected chi connectivity index (χ0v) is 14.7. The van der Waals surface area contributed by atoms with E-state index in [0.29, 0.717) is 5.65 Å². The number of nitrogens with zero attached hydrogens (tertiary/aromatic N) is 3. The lowest BCUT2D eigenvalue weighted by atomic mass is 10.2. The van der Waals surface area contributed by atoms with Crippen molar-refractivity contribution in [3.63, 3.8) is 0 Å². The molecule has 7 nitrogen and oxygen atoms in total. The van der Waals surface area contributed by atoms with Crippen LogP contribution >= 0.6 is 11.8 Å². The number of aliphatic hydroxyl groups excluding tert-OH is 3. The fourth-order valence-corrected chi connectivity index (χ4v) is 3.71. The quantitative estimate of drug-likeness (QED) is 0.606. The van der Waals surface area contributed by atoms with E-state index in [-0.39, 0.29) is 11.5 Å². The molecule has 3 N–H and O–H groups in total. The summed E-state index contributed by atoms with van der Waals surface area (Å²) < 4.78 is 7.11. The molecule has 1 aliphatic heterocycles. The van der Waals surface area contributed by atoms with Crippen LogP contribution in [0.15, 0.2) is 64.3 Å². The van der Waals surface area contributed by atoms with E-state index in [0.717, 1.165) is 15.3 Å². The summed E-state index contributed by atoms with van der Waals surface area (Å²) in [5.41, 5.74) is 1.76. The lowest BCUT2D eigenvalue weighted by molar-refractivity contribution is -0.0116. The van der Waals surface area contributed by atoms with Gasteiger partial charge in [0, 0.05) is 11.1 Å². The molecular formula is C18H17N3O4S. The van der Waals surface area contributed by atoms with Gasteiger partial charge in [0.05, 0.1) is 5.39 Å². The third kappa shape index (κ3) is 2.82. The second kappa shape index (κ2) is 6.64. The number of fused-ring (bicyclic) bond motifs is 1. The van der Waals surface area contributed by atoms with Crippen LogP contribution in [0.5, 0.6) is 0 Å². The molecule has 4 rings (SSSR count). The van der Waals surface area contributed by atoms with Crippen molar-refractivity contribution in [3.05, 3.63) is 59.9 Å². The first kappa shape index (κ1) is 16.9. The first-order valence-electron chi connectivity index (χ1n) is 8.02. The molecule has 26 heavy (non-hydrogen) atoms. The Bertz CT molecular complexity index is 984. The Morgan fingerprint density at radius 2 is 1.96 bits per heavy atom. The minimum Gasteiger partial charge on any atom is -0.506 e. The van der Waals surface area contributed by atoms with E-state index in [1.807, 2.05) is 37.3 Å². The summed E-state index contributed by atoms with van der Waals surface area (Å²) in [5, 5.41) is 30.9. The molecule has 1 aromatic carbocycles. The maximum Gasteiger partial charge on any atom is 0.210 e. The summed E-state index contributed by atoms with van der Waals surface area (Å²) in [4.78, 5) is 9.72. The summed E-state index contributed by atoms with van der Waals surface area (Å²) in [7, 11) is 0. The fourth-order valence-electron chi connectivity index (χ4n) is 2.85. The Balaban J connectivity index is 1.69. The average molecular weight is 371 g/mol. The van der Waals surface area contributed by atoms with E-state index in [1.165, 1.54) is 23.7 Å². The van der Waals surface area contributed by atoms with E-state index in [4.69, 9.17) is 4.74 Å². The van der Waals surface area contributed by atoms with Crippen molar-refractivity contribution in [2.75, 3.05) is 6.61 Å². The number of aryl methyl sites for hydroxylation is 1. The number of benzene rings is 1. The minimum atomic E-state index is -1.27. The highest BCUT2D eigenvalue weighted by atomic mass is 32.2. The van der Waals surface area contributed by atoms with Crippen molar-refractivity contribution in [1.82, 2.24) is 14.5 Å². The van der Waals surface area contributed by atoms with Gasteiger partial charge in [-0.1, -0.05) is 29.5 Å². The molecule has 8 heteroatoms. The summed E-state index contributed by atoms with van der Waals surface area (Å²) >= 11 is 1.52. The monoisotopic (exact) mass is 371 g/mol. The van der Waals surface area contributed by atoms with Crippen molar-refractivity contribution in [3.8, 4) is 0 Å². The zero-order valence-electron chi connectivity index (χ0n) is 13.9. The predicted molar refractivity (Wildman–Crippen MR) is 95.7 cm³/mol. The smallest absolute Gasteiger partial charge is 0.210 e. The molecule has 1 aliphatic rings. The number of aromatic nitrogens is 3. The number of rotatable bonds is 4. The van der Waals surface area contributed by atoms with Crippen LogP contribution in [0, 0.1) is 6.92 Å². The van der Waals surface area contributed by atoms with E-state index >= 15 is 0 Å². The topological polar surface area (TPSA) is 101 Å². The Kier molecular flexibility index (Phi) is 4.31. The third-order valence-electron chi connectivity index (χ3n) is 4.22. The summed E-state index contributed by atoms with van der Waals surface area (Å²) in [5.74, 6) is -0.393. The van der Waals surface area contributed by atoms with Crippen LogP contribution in [0.25, 0.3) is 11.0 Å². The highest BCUT2D eigenvalue weighted by molar-refractivity contribution is 7.99. The van der Waals surface area contributed by atoms with Crippen molar-refractivity contribution >= 4 is 22.8 Å². The van der Waals surface area contributed by atoms with Crippen LogP contribution in [0.2, 0.25) is 0 Å². The summed E-state index contributed by atoms with van der Waals surface area (Å²) in [6.45, 7) is 1.55. The van der Waals surface area contributed by atoms with Crippen LogP contribution in [-0.2, 0) is 4.74 Å². The molecule has 1 unspecified atom stereocenters. The van der Waals surface area contributed by atoms with Gasteiger partial charge < -0.3 is 20.1 Å². The largest absolute Gasteiger partial charge is 0.506 e. The van der Waals surface area contributed by atoms with Gasteiger partial charge in [-0.25, -0.2) is 9.97 Å². The van der Waals surface area contributed by atoms with Gasteiger partial charge in [-0.2, -0.15) is 0 Å². The van der Waals surface area contributed by atoms with Gasteiger partial charge in [0.1, 0.15) is 23.6 Å². The molecular weight excluding hydrogens is 354 g/mol. The van der Waals surface area contributed by atoms with Crippen LogP contribution in [0.1, 0.15) is 11.8 Å². The second-order valence-electron chi connectivity index (χ2n) is 5.97. The highest BCUT2D eigenvalue weighted by Crippen LogP contribution is 2.36. The Morgan fingerprint density at radius 3 is 2.65 bits per heavy atom. The highest BCUT2D eigenvalue weighted by Gasteiger charge is 2.37. The molecule has 2 atom stereocenters. The maximum absolute atomic E-state index is 10.2. The third-order valence-corrected chi connectivity index (χ3v) is 5.25. The standard InChI is InChI=1S/C18H17N3O4S/c1-10-2-4-11(5-3-10)26-17-12-6-7-21(16(12)19-9-20-17)18-15(24)14(23)13(8-22)25-18/h2-7,9,15,18,22-24H,8H2,1H3/t15?,18-/m1/s1. The molecule has 0 radical (unpaired) electrons. The van der Waals surface area contributed by atoms with Crippen molar-refractivity contribution in [1.29, 1.82) is 0 Å². The molecule has 0 fully saturated rings. The second-order valence-corrected chi connectivity index (χ2v) is 7.04. The molecule has 0 bridgehead atoms. The molecule has 0 aliphatic carbocycles.